The lowest BCUT2D eigenvalue weighted by Gasteiger charge is -2.52. The van der Waals surface area contributed by atoms with Crippen LogP contribution in [0.4, 0.5) is 0 Å². The van der Waals surface area contributed by atoms with E-state index in [-0.39, 0.29) is 17.6 Å². The molecule has 1 aliphatic heterocycles. The van der Waals surface area contributed by atoms with Crippen molar-refractivity contribution in [1.29, 1.82) is 0 Å². The van der Waals surface area contributed by atoms with Crippen LogP contribution in [-0.4, -0.2) is 11.7 Å². The maximum Gasteiger partial charge on any atom is 0.150 e. The predicted octanol–water partition coefficient (Wildman–Crippen LogP) is 7.35. The van der Waals surface area contributed by atoms with Gasteiger partial charge in [0.15, 0.2) is 0 Å². The maximum atomic E-state index is 6.42. The van der Waals surface area contributed by atoms with Crippen molar-refractivity contribution in [3.8, 4) is 0 Å². The lowest BCUT2D eigenvalue weighted by molar-refractivity contribution is -0.447. The molecule has 3 aromatic rings. The van der Waals surface area contributed by atoms with Crippen LogP contribution in [-0.2, 0) is 26.7 Å². The number of halogens is 1. The van der Waals surface area contributed by atoms with Crippen LogP contribution in [0.2, 0.25) is 5.02 Å². The first-order valence-corrected chi connectivity index (χ1v) is 12.0. The molecule has 170 valence electrons. The molecule has 0 amide bonds. The van der Waals surface area contributed by atoms with Crippen molar-refractivity contribution in [3.63, 3.8) is 0 Å². The van der Waals surface area contributed by atoms with Gasteiger partial charge in [-0.1, -0.05) is 90.5 Å². The molecule has 2 bridgehead atoms. The van der Waals surface area contributed by atoms with Crippen molar-refractivity contribution in [2.24, 2.45) is 5.92 Å². The molecule has 5 rings (SSSR count). The van der Waals surface area contributed by atoms with E-state index < -0.39 is 5.60 Å². The van der Waals surface area contributed by atoms with Crippen LogP contribution in [0.25, 0.3) is 6.08 Å². The van der Waals surface area contributed by atoms with Crippen molar-refractivity contribution < 1.29 is 14.5 Å². The molecule has 1 saturated carbocycles. The second-order valence-corrected chi connectivity index (χ2v) is 9.71. The molecule has 3 nitrogen and oxygen atoms in total. The van der Waals surface area contributed by atoms with Gasteiger partial charge in [0.2, 0.25) is 0 Å². The van der Waals surface area contributed by atoms with E-state index in [1.165, 1.54) is 5.56 Å². The summed E-state index contributed by atoms with van der Waals surface area (Å²) in [6, 6.07) is 28.5. The first kappa shape index (κ1) is 22.4. The van der Waals surface area contributed by atoms with Crippen LogP contribution < -0.4 is 0 Å². The van der Waals surface area contributed by atoms with E-state index >= 15 is 0 Å². The zero-order valence-electron chi connectivity index (χ0n) is 18.8. The third-order valence-corrected chi connectivity index (χ3v) is 7.36. The highest BCUT2D eigenvalue weighted by molar-refractivity contribution is 6.30. The van der Waals surface area contributed by atoms with Gasteiger partial charge in [0.1, 0.15) is 11.7 Å². The Morgan fingerprint density at radius 3 is 2.39 bits per heavy atom. The average Bonchev–Trinajstić information content (AvgIpc) is 2.87. The Kier molecular flexibility index (Phi) is 6.40. The number of fused-ring (bicyclic) bond motifs is 2. The van der Waals surface area contributed by atoms with Crippen LogP contribution in [0.15, 0.2) is 91.0 Å². The Hall–Kier alpha value is -2.43. The lowest BCUT2D eigenvalue weighted by Crippen LogP contribution is -2.56. The third kappa shape index (κ3) is 4.64. The normalized spacial score (nSPS) is 29.3. The van der Waals surface area contributed by atoms with Gasteiger partial charge >= 0.3 is 0 Å². The summed E-state index contributed by atoms with van der Waals surface area (Å²) >= 11 is 6.06. The molecule has 4 atom stereocenters. The van der Waals surface area contributed by atoms with E-state index in [4.69, 9.17) is 26.1 Å². The fraction of sp³-hybridized carbons (Fsp3) is 0.310. The molecule has 0 aromatic heterocycles. The van der Waals surface area contributed by atoms with Gasteiger partial charge in [-0.15, -0.1) is 0 Å². The third-order valence-electron chi connectivity index (χ3n) is 7.11. The summed E-state index contributed by atoms with van der Waals surface area (Å²) in [5.74, 6) is 0.288. The molecule has 33 heavy (non-hydrogen) atoms. The number of ether oxygens (including phenoxy) is 1. The molecule has 1 aliphatic carbocycles. The predicted molar refractivity (Wildman–Crippen MR) is 132 cm³/mol. The SMILES string of the molecule is CC1(OCc2ccccc2)CCC2CC1OO[C@]2(/C=C\c1ccc(Cl)cc1)c1ccccc1. The highest BCUT2D eigenvalue weighted by Gasteiger charge is 2.54. The fourth-order valence-electron chi connectivity index (χ4n) is 5.01. The van der Waals surface area contributed by atoms with Gasteiger partial charge in [-0.05, 0) is 61.1 Å². The van der Waals surface area contributed by atoms with Crippen LogP contribution in [0.5, 0.6) is 0 Å². The number of hydrogen-bond acceptors (Lipinski definition) is 3. The smallest absolute Gasteiger partial charge is 0.150 e. The minimum atomic E-state index is -0.641. The number of hydrogen-bond donors (Lipinski definition) is 0. The first-order chi connectivity index (χ1) is 16.1. The molecule has 1 saturated heterocycles. The van der Waals surface area contributed by atoms with Gasteiger partial charge in [0.05, 0.1) is 12.2 Å². The lowest BCUT2D eigenvalue weighted by atomic mass is 9.67. The Balaban J connectivity index is 1.38. The van der Waals surface area contributed by atoms with Crippen molar-refractivity contribution in [3.05, 3.63) is 113 Å². The molecule has 4 heteroatoms. The summed E-state index contributed by atoms with van der Waals surface area (Å²) in [7, 11) is 0. The van der Waals surface area contributed by atoms with Crippen molar-refractivity contribution in [1.82, 2.24) is 0 Å². The van der Waals surface area contributed by atoms with E-state index in [2.05, 4.69) is 55.5 Å². The number of rotatable bonds is 6. The summed E-state index contributed by atoms with van der Waals surface area (Å²) in [4.78, 5) is 12.5. The Morgan fingerprint density at radius 2 is 1.67 bits per heavy atom. The Morgan fingerprint density at radius 1 is 0.970 bits per heavy atom. The monoisotopic (exact) mass is 460 g/mol. The van der Waals surface area contributed by atoms with Crippen molar-refractivity contribution >= 4 is 17.7 Å². The summed E-state index contributed by atoms with van der Waals surface area (Å²) in [6.45, 7) is 2.72. The van der Waals surface area contributed by atoms with Gasteiger partial charge in [-0.25, -0.2) is 9.78 Å². The van der Waals surface area contributed by atoms with E-state index in [1.807, 2.05) is 48.5 Å². The average molecular weight is 461 g/mol. The summed E-state index contributed by atoms with van der Waals surface area (Å²) in [6.07, 6.45) is 6.94. The zero-order chi connectivity index (χ0) is 22.7. The van der Waals surface area contributed by atoms with Gasteiger partial charge < -0.3 is 4.74 Å². The van der Waals surface area contributed by atoms with Crippen LogP contribution in [0.3, 0.4) is 0 Å². The molecule has 2 fully saturated rings. The van der Waals surface area contributed by atoms with E-state index in [1.54, 1.807) is 0 Å². The molecule has 0 radical (unpaired) electrons. The number of benzene rings is 3. The van der Waals surface area contributed by atoms with Gasteiger partial charge in [0.25, 0.3) is 0 Å². The van der Waals surface area contributed by atoms with E-state index in [0.717, 1.165) is 35.4 Å². The quantitative estimate of drug-likeness (QED) is 0.360. The molecule has 3 aromatic carbocycles. The van der Waals surface area contributed by atoms with Crippen LogP contribution >= 0.6 is 11.6 Å². The highest BCUT2D eigenvalue weighted by Crippen LogP contribution is 2.52. The summed E-state index contributed by atoms with van der Waals surface area (Å²) < 4.78 is 6.42. The molecule has 3 unspecified atom stereocenters. The van der Waals surface area contributed by atoms with Gasteiger partial charge in [-0.2, -0.15) is 0 Å². The van der Waals surface area contributed by atoms with E-state index in [9.17, 15) is 0 Å². The van der Waals surface area contributed by atoms with Crippen LogP contribution in [0.1, 0.15) is 42.9 Å². The maximum absolute atomic E-state index is 6.42. The summed E-state index contributed by atoms with van der Waals surface area (Å²) in [5.41, 5.74) is 2.33. The molecule has 0 spiro atoms. The topological polar surface area (TPSA) is 27.7 Å². The van der Waals surface area contributed by atoms with Gasteiger partial charge in [0, 0.05) is 10.9 Å². The highest BCUT2D eigenvalue weighted by atomic mass is 35.5. The summed E-state index contributed by atoms with van der Waals surface area (Å²) in [5, 5.41) is 0.729. The first-order valence-electron chi connectivity index (χ1n) is 11.6. The second kappa shape index (κ2) is 9.44. The Bertz CT molecular complexity index is 1080. The molecule has 1 heterocycles. The molecule has 0 N–H and O–H groups in total. The zero-order valence-corrected chi connectivity index (χ0v) is 19.6. The fourth-order valence-corrected chi connectivity index (χ4v) is 5.13. The van der Waals surface area contributed by atoms with Crippen molar-refractivity contribution in [2.45, 2.75) is 50.1 Å². The largest absolute Gasteiger partial charge is 0.368 e. The van der Waals surface area contributed by atoms with E-state index in [0.29, 0.717) is 6.61 Å². The van der Waals surface area contributed by atoms with Crippen molar-refractivity contribution in [2.75, 3.05) is 0 Å². The molecular formula is C29H29ClO3. The second-order valence-electron chi connectivity index (χ2n) is 9.27. The van der Waals surface area contributed by atoms with Crippen LogP contribution in [0, 0.1) is 5.92 Å². The minimum Gasteiger partial charge on any atom is -0.368 e. The molecule has 2 aliphatic rings. The Labute approximate surface area is 200 Å². The standard InChI is InChI=1S/C29H29ClO3/c1-28(31-21-23-8-4-2-5-9-23)18-17-25-20-27(28)32-33-29(25,24-10-6-3-7-11-24)19-16-22-12-14-26(30)15-13-22/h2-16,19,25,27H,17-18,20-21H2,1H3/b19-16-/t25?,27?,28?,29-/m1/s1. The molecular weight excluding hydrogens is 432 g/mol. The van der Waals surface area contributed by atoms with Gasteiger partial charge in [-0.3, -0.25) is 0 Å². The minimum absolute atomic E-state index is 0.110.